The van der Waals surface area contributed by atoms with Crippen LogP contribution in [0.25, 0.3) is 0 Å². The van der Waals surface area contributed by atoms with Crippen molar-refractivity contribution in [2.24, 2.45) is 0 Å². The van der Waals surface area contributed by atoms with Crippen molar-refractivity contribution in [2.45, 2.75) is 19.4 Å². The summed E-state index contributed by atoms with van der Waals surface area (Å²) >= 11 is 5.97. The lowest BCUT2D eigenvalue weighted by molar-refractivity contribution is -0.131. The van der Waals surface area contributed by atoms with Gasteiger partial charge in [-0.25, -0.2) is 0 Å². The van der Waals surface area contributed by atoms with Gasteiger partial charge >= 0.3 is 5.97 Å². The van der Waals surface area contributed by atoms with Crippen LogP contribution in [0.15, 0.2) is 42.5 Å². The first-order valence-corrected chi connectivity index (χ1v) is 9.74. The summed E-state index contributed by atoms with van der Waals surface area (Å²) in [6, 6.07) is 13.4. The Balaban J connectivity index is 1.32. The van der Waals surface area contributed by atoms with Gasteiger partial charge in [-0.3, -0.25) is 14.5 Å². The molecule has 1 N–H and O–H groups in total. The third-order valence-corrected chi connectivity index (χ3v) is 5.47. The number of esters is 1. The average Bonchev–Trinajstić information content (AvgIpc) is 3.03. The fourth-order valence-electron chi connectivity index (χ4n) is 3.69. The molecule has 2 aromatic rings. The summed E-state index contributed by atoms with van der Waals surface area (Å²) in [6.45, 7) is 4.97. The van der Waals surface area contributed by atoms with E-state index < -0.39 is 0 Å². The molecule has 7 heteroatoms. The number of nitrogens with one attached hydrogen (secondary N) is 1. The summed E-state index contributed by atoms with van der Waals surface area (Å²) in [5.41, 5.74) is 2.65. The minimum absolute atomic E-state index is 0.0731. The van der Waals surface area contributed by atoms with Crippen molar-refractivity contribution in [3.63, 3.8) is 0 Å². The van der Waals surface area contributed by atoms with Crippen molar-refractivity contribution in [3.8, 4) is 5.75 Å². The van der Waals surface area contributed by atoms with Crippen molar-refractivity contribution in [2.75, 3.05) is 36.4 Å². The number of amides is 1. The second-order valence-corrected chi connectivity index (χ2v) is 7.70. The molecular formula is C21H22ClN3O3. The fraction of sp³-hybridized carbons (Fsp3) is 0.333. The van der Waals surface area contributed by atoms with Gasteiger partial charge in [0.05, 0.1) is 13.0 Å². The van der Waals surface area contributed by atoms with Gasteiger partial charge in [0.25, 0.3) is 0 Å². The molecule has 0 aromatic heterocycles. The molecule has 0 radical (unpaired) electrons. The molecule has 0 bridgehead atoms. The number of fused-ring (bicyclic) bond motifs is 1. The van der Waals surface area contributed by atoms with Gasteiger partial charge in [-0.2, -0.15) is 0 Å². The lowest BCUT2D eigenvalue weighted by Crippen LogP contribution is -2.53. The van der Waals surface area contributed by atoms with Crippen molar-refractivity contribution >= 4 is 34.9 Å². The highest BCUT2D eigenvalue weighted by atomic mass is 35.5. The van der Waals surface area contributed by atoms with Crippen LogP contribution in [-0.2, 0) is 16.0 Å². The van der Waals surface area contributed by atoms with Crippen molar-refractivity contribution in [3.05, 3.63) is 53.1 Å². The van der Waals surface area contributed by atoms with Crippen LogP contribution in [0.2, 0.25) is 5.02 Å². The van der Waals surface area contributed by atoms with Gasteiger partial charge in [-0.05, 0) is 37.3 Å². The van der Waals surface area contributed by atoms with E-state index in [4.69, 9.17) is 16.3 Å². The standard InChI is InChI=1S/C21H22ClN3O3/c1-14-12-25(18-6-3-16(22)4-7-18)9-8-24(14)13-20(26)23-17-5-2-15-10-21(27)28-19(15)11-17/h2-7,11,14H,8-10,12-13H2,1H3,(H,23,26)/t14-/m1/s1. The normalized spacial score (nSPS) is 19.3. The molecule has 1 atom stereocenters. The van der Waals surface area contributed by atoms with E-state index in [0.29, 0.717) is 24.4 Å². The number of benzene rings is 2. The summed E-state index contributed by atoms with van der Waals surface area (Å²) in [6.07, 6.45) is 0.291. The third kappa shape index (κ3) is 4.13. The Kier molecular flexibility index (Phi) is 5.24. The van der Waals surface area contributed by atoms with E-state index in [0.717, 1.165) is 35.9 Å². The summed E-state index contributed by atoms with van der Waals surface area (Å²) < 4.78 is 5.14. The highest BCUT2D eigenvalue weighted by molar-refractivity contribution is 6.30. The number of ether oxygens (including phenoxy) is 1. The van der Waals surface area contributed by atoms with Gasteiger partial charge in [0.2, 0.25) is 5.91 Å². The Bertz CT molecular complexity index is 900. The molecule has 4 rings (SSSR count). The van der Waals surface area contributed by atoms with Gasteiger partial charge < -0.3 is 15.0 Å². The Morgan fingerprint density at radius 3 is 2.75 bits per heavy atom. The molecule has 0 saturated carbocycles. The number of piperazine rings is 1. The molecule has 0 aliphatic carbocycles. The topological polar surface area (TPSA) is 61.9 Å². The number of nitrogens with zero attached hydrogens (tertiary/aromatic N) is 2. The molecule has 1 saturated heterocycles. The Hall–Kier alpha value is -2.57. The lowest BCUT2D eigenvalue weighted by atomic mass is 10.1. The maximum Gasteiger partial charge on any atom is 0.315 e. The predicted octanol–water partition coefficient (Wildman–Crippen LogP) is 2.95. The zero-order chi connectivity index (χ0) is 19.7. The molecule has 2 heterocycles. The number of hydrogen-bond donors (Lipinski definition) is 1. The van der Waals surface area contributed by atoms with Gasteiger partial charge in [0, 0.05) is 53.7 Å². The largest absolute Gasteiger partial charge is 0.426 e. The molecule has 2 aromatic carbocycles. The molecule has 1 fully saturated rings. The lowest BCUT2D eigenvalue weighted by Gasteiger charge is -2.40. The minimum atomic E-state index is -0.258. The van der Waals surface area contributed by atoms with E-state index in [2.05, 4.69) is 22.0 Å². The molecule has 2 aliphatic heterocycles. The molecule has 146 valence electrons. The van der Waals surface area contributed by atoms with E-state index >= 15 is 0 Å². The van der Waals surface area contributed by atoms with E-state index in [1.54, 1.807) is 12.1 Å². The molecule has 0 unspecified atom stereocenters. The first-order valence-electron chi connectivity index (χ1n) is 9.36. The fourth-order valence-corrected chi connectivity index (χ4v) is 3.82. The molecule has 28 heavy (non-hydrogen) atoms. The van der Waals surface area contributed by atoms with Crippen LogP contribution in [0.3, 0.4) is 0 Å². The van der Waals surface area contributed by atoms with Crippen LogP contribution >= 0.6 is 11.6 Å². The highest BCUT2D eigenvalue weighted by Gasteiger charge is 2.26. The smallest absolute Gasteiger partial charge is 0.315 e. The van der Waals surface area contributed by atoms with Gasteiger partial charge in [-0.15, -0.1) is 0 Å². The number of carbonyl (C=O) groups is 2. The molecule has 1 amide bonds. The van der Waals surface area contributed by atoms with Crippen LogP contribution in [0, 0.1) is 0 Å². The number of halogens is 1. The third-order valence-electron chi connectivity index (χ3n) is 5.21. The van der Waals surface area contributed by atoms with Crippen molar-refractivity contribution < 1.29 is 14.3 Å². The van der Waals surface area contributed by atoms with Gasteiger partial charge in [-0.1, -0.05) is 17.7 Å². The Labute approximate surface area is 169 Å². The van der Waals surface area contributed by atoms with Gasteiger partial charge in [0.1, 0.15) is 5.75 Å². The first-order chi connectivity index (χ1) is 13.5. The number of hydrogen-bond acceptors (Lipinski definition) is 5. The molecular weight excluding hydrogens is 378 g/mol. The summed E-state index contributed by atoms with van der Waals surface area (Å²) in [4.78, 5) is 28.3. The van der Waals surface area contributed by atoms with Crippen LogP contribution in [0.1, 0.15) is 12.5 Å². The monoisotopic (exact) mass is 399 g/mol. The summed E-state index contributed by atoms with van der Waals surface area (Å²) in [5.74, 6) is 0.203. The molecule has 2 aliphatic rings. The molecule has 0 spiro atoms. The summed E-state index contributed by atoms with van der Waals surface area (Å²) in [7, 11) is 0. The quantitative estimate of drug-likeness (QED) is 0.632. The predicted molar refractivity (Wildman–Crippen MR) is 109 cm³/mol. The van der Waals surface area contributed by atoms with E-state index in [-0.39, 0.29) is 17.9 Å². The Morgan fingerprint density at radius 2 is 2.00 bits per heavy atom. The van der Waals surface area contributed by atoms with E-state index in [9.17, 15) is 9.59 Å². The average molecular weight is 400 g/mol. The Morgan fingerprint density at radius 1 is 1.21 bits per heavy atom. The number of anilines is 2. The highest BCUT2D eigenvalue weighted by Crippen LogP contribution is 2.29. The van der Waals surface area contributed by atoms with Crippen molar-refractivity contribution in [1.29, 1.82) is 0 Å². The van der Waals surface area contributed by atoms with E-state index in [1.165, 1.54) is 0 Å². The van der Waals surface area contributed by atoms with E-state index in [1.807, 2.05) is 30.3 Å². The second-order valence-electron chi connectivity index (χ2n) is 7.26. The second kappa shape index (κ2) is 7.81. The summed E-state index contributed by atoms with van der Waals surface area (Å²) in [5, 5.41) is 3.63. The first kappa shape index (κ1) is 18.8. The minimum Gasteiger partial charge on any atom is -0.426 e. The number of rotatable bonds is 4. The van der Waals surface area contributed by atoms with Crippen molar-refractivity contribution in [1.82, 2.24) is 4.90 Å². The molecule has 6 nitrogen and oxygen atoms in total. The van der Waals surface area contributed by atoms with Crippen LogP contribution in [-0.4, -0.2) is 49.0 Å². The zero-order valence-corrected chi connectivity index (χ0v) is 16.4. The van der Waals surface area contributed by atoms with Crippen LogP contribution in [0.4, 0.5) is 11.4 Å². The number of carbonyl (C=O) groups excluding carboxylic acids is 2. The maximum absolute atomic E-state index is 12.5. The van der Waals surface area contributed by atoms with Gasteiger partial charge in [0.15, 0.2) is 0 Å². The van der Waals surface area contributed by atoms with Crippen LogP contribution < -0.4 is 15.0 Å². The maximum atomic E-state index is 12.5. The SMILES string of the molecule is C[C@@H]1CN(c2ccc(Cl)cc2)CCN1CC(=O)Nc1ccc2c(c1)OC(=O)C2. The van der Waals surface area contributed by atoms with Crippen LogP contribution in [0.5, 0.6) is 5.75 Å². The zero-order valence-electron chi connectivity index (χ0n) is 15.7.